The summed E-state index contributed by atoms with van der Waals surface area (Å²) in [6.45, 7) is 3.01. The minimum absolute atomic E-state index is 0.278. The van der Waals surface area contributed by atoms with Gasteiger partial charge in [-0.3, -0.25) is 10.00 Å². The van der Waals surface area contributed by atoms with Crippen LogP contribution in [0.4, 0.5) is 11.6 Å². The van der Waals surface area contributed by atoms with Crippen molar-refractivity contribution in [3.63, 3.8) is 0 Å². The minimum Gasteiger partial charge on any atom is -0.380 e. The number of methoxy groups -OCH3 is 1. The van der Waals surface area contributed by atoms with E-state index in [-0.39, 0.29) is 5.69 Å². The van der Waals surface area contributed by atoms with Crippen LogP contribution in [0.2, 0.25) is 0 Å². The Labute approximate surface area is 163 Å². The highest BCUT2D eigenvalue weighted by molar-refractivity contribution is 5.65. The molecule has 3 heterocycles. The molecule has 1 saturated heterocycles. The Hall–Kier alpha value is -3.28. The number of benzene rings is 1. The minimum atomic E-state index is 0.278. The molecule has 2 N–H and O–H groups in total. The third-order valence-corrected chi connectivity index (χ3v) is 4.83. The Morgan fingerprint density at radius 1 is 1.25 bits per heavy atom. The molecule has 0 radical (unpaired) electrons. The van der Waals surface area contributed by atoms with Gasteiger partial charge in [-0.1, -0.05) is 24.3 Å². The molecule has 28 heavy (non-hydrogen) atoms. The van der Waals surface area contributed by atoms with Crippen molar-refractivity contribution in [2.45, 2.75) is 19.1 Å². The molecule has 1 aliphatic rings. The first-order chi connectivity index (χ1) is 13.7. The molecule has 1 atom stereocenters. The lowest BCUT2D eigenvalue weighted by molar-refractivity contribution is 0.107. The monoisotopic (exact) mass is 375 g/mol. The predicted molar refractivity (Wildman–Crippen MR) is 105 cm³/mol. The molecule has 8 heteroatoms. The second-order valence-electron chi connectivity index (χ2n) is 6.77. The maximum absolute atomic E-state index is 8.77. The Kier molecular flexibility index (Phi) is 5.28. The number of hydrogen-bond acceptors (Lipinski definition) is 7. The third kappa shape index (κ3) is 4.17. The van der Waals surface area contributed by atoms with Crippen LogP contribution in [0.5, 0.6) is 0 Å². The van der Waals surface area contributed by atoms with Gasteiger partial charge in [-0.2, -0.15) is 10.4 Å². The molecule has 8 nitrogen and oxygen atoms in total. The molecule has 0 bridgehead atoms. The summed E-state index contributed by atoms with van der Waals surface area (Å²) in [5.74, 6) is 1.17. The van der Waals surface area contributed by atoms with E-state index in [2.05, 4.69) is 54.6 Å². The van der Waals surface area contributed by atoms with Crippen molar-refractivity contribution in [2.75, 3.05) is 25.5 Å². The molecule has 1 fully saturated rings. The van der Waals surface area contributed by atoms with Crippen LogP contribution in [-0.4, -0.2) is 51.4 Å². The number of nitrogens with zero attached hydrogens (tertiary/aromatic N) is 5. The summed E-state index contributed by atoms with van der Waals surface area (Å²) in [7, 11) is 1.78. The average Bonchev–Trinajstić information content (AvgIpc) is 3.39. The summed E-state index contributed by atoms with van der Waals surface area (Å²) in [4.78, 5) is 10.5. The summed E-state index contributed by atoms with van der Waals surface area (Å²) in [5, 5.41) is 19.1. The molecule has 0 unspecified atom stereocenters. The summed E-state index contributed by atoms with van der Waals surface area (Å²) >= 11 is 0. The van der Waals surface area contributed by atoms with Crippen molar-refractivity contribution in [1.82, 2.24) is 25.1 Å². The zero-order valence-corrected chi connectivity index (χ0v) is 15.6. The summed E-state index contributed by atoms with van der Waals surface area (Å²) in [6.07, 6.45) is 4.39. The van der Waals surface area contributed by atoms with Gasteiger partial charge in [-0.15, -0.1) is 0 Å². The molecule has 0 spiro atoms. The number of rotatable bonds is 6. The smallest absolute Gasteiger partial charge is 0.158 e. The summed E-state index contributed by atoms with van der Waals surface area (Å²) in [5.41, 5.74) is 3.54. The van der Waals surface area contributed by atoms with E-state index < -0.39 is 0 Å². The first-order valence-corrected chi connectivity index (χ1v) is 9.12. The van der Waals surface area contributed by atoms with Gasteiger partial charge >= 0.3 is 0 Å². The average molecular weight is 375 g/mol. The number of aromatic nitrogens is 4. The number of anilines is 2. The number of ether oxygens (including phenoxy) is 1. The van der Waals surface area contributed by atoms with Crippen LogP contribution in [0.1, 0.15) is 17.7 Å². The Balaban J connectivity index is 1.38. The normalized spacial score (nSPS) is 16.8. The molecule has 1 aromatic carbocycles. The number of nitrogens with one attached hydrogen (secondary N) is 2. The molecular weight excluding hydrogens is 354 g/mol. The zero-order valence-electron chi connectivity index (χ0n) is 15.6. The van der Waals surface area contributed by atoms with Gasteiger partial charge in [-0.25, -0.2) is 9.97 Å². The van der Waals surface area contributed by atoms with E-state index in [1.165, 1.54) is 18.0 Å². The van der Waals surface area contributed by atoms with Crippen LogP contribution in [0.25, 0.3) is 11.3 Å². The van der Waals surface area contributed by atoms with Crippen molar-refractivity contribution in [3.05, 3.63) is 54.0 Å². The van der Waals surface area contributed by atoms with Gasteiger partial charge in [0.1, 0.15) is 11.9 Å². The van der Waals surface area contributed by atoms with E-state index in [0.717, 1.165) is 37.3 Å². The van der Waals surface area contributed by atoms with Crippen LogP contribution in [0.3, 0.4) is 0 Å². The highest BCUT2D eigenvalue weighted by Crippen LogP contribution is 2.23. The molecule has 0 aliphatic carbocycles. The van der Waals surface area contributed by atoms with E-state index in [4.69, 9.17) is 10.00 Å². The van der Waals surface area contributed by atoms with Gasteiger partial charge in [-0.05, 0) is 17.5 Å². The molecular formula is C20H21N7O. The largest absolute Gasteiger partial charge is 0.380 e. The van der Waals surface area contributed by atoms with E-state index in [9.17, 15) is 0 Å². The van der Waals surface area contributed by atoms with Gasteiger partial charge in [0.25, 0.3) is 0 Å². The lowest BCUT2D eigenvalue weighted by Gasteiger charge is -2.15. The lowest BCUT2D eigenvalue weighted by atomic mass is 10.1. The maximum atomic E-state index is 8.77. The molecule has 142 valence electrons. The van der Waals surface area contributed by atoms with Crippen molar-refractivity contribution < 1.29 is 4.74 Å². The number of hydrogen-bond donors (Lipinski definition) is 2. The van der Waals surface area contributed by atoms with Crippen LogP contribution < -0.4 is 5.32 Å². The number of likely N-dealkylation sites (tertiary alicyclic amines) is 1. The van der Waals surface area contributed by atoms with Crippen LogP contribution in [0, 0.1) is 11.3 Å². The van der Waals surface area contributed by atoms with Crippen molar-refractivity contribution in [1.29, 1.82) is 5.26 Å². The molecule has 4 rings (SSSR count). The SMILES string of the molecule is CO[C@H]1CCN(Cc2ccc(-c3cc(Nc4cnc(C#N)cn4)n[nH]3)cc2)C1. The van der Waals surface area contributed by atoms with Gasteiger partial charge in [0.05, 0.1) is 24.2 Å². The summed E-state index contributed by atoms with van der Waals surface area (Å²) < 4.78 is 5.43. The van der Waals surface area contributed by atoms with Gasteiger partial charge < -0.3 is 10.1 Å². The first kappa shape index (κ1) is 18.1. The maximum Gasteiger partial charge on any atom is 0.158 e. The predicted octanol–water partition coefficient (Wildman–Crippen LogP) is 2.70. The fourth-order valence-corrected chi connectivity index (χ4v) is 3.30. The first-order valence-electron chi connectivity index (χ1n) is 9.12. The Morgan fingerprint density at radius 2 is 2.11 bits per heavy atom. The van der Waals surface area contributed by atoms with E-state index in [1.807, 2.05) is 12.1 Å². The Bertz CT molecular complexity index is 959. The molecule has 1 aliphatic heterocycles. The van der Waals surface area contributed by atoms with Crippen LogP contribution >= 0.6 is 0 Å². The fourth-order valence-electron chi connectivity index (χ4n) is 3.30. The number of H-pyrrole nitrogens is 1. The molecule has 0 saturated carbocycles. The number of aromatic amines is 1. The zero-order chi connectivity index (χ0) is 19.3. The van der Waals surface area contributed by atoms with Crippen molar-refractivity contribution in [3.8, 4) is 17.3 Å². The van der Waals surface area contributed by atoms with Crippen molar-refractivity contribution >= 4 is 11.6 Å². The fraction of sp³-hybridized carbons (Fsp3) is 0.300. The van der Waals surface area contributed by atoms with Crippen LogP contribution in [0.15, 0.2) is 42.7 Å². The second kappa shape index (κ2) is 8.17. The molecule has 2 aromatic heterocycles. The highest BCUT2D eigenvalue weighted by atomic mass is 16.5. The Morgan fingerprint density at radius 3 is 2.79 bits per heavy atom. The van der Waals surface area contributed by atoms with Crippen LogP contribution in [-0.2, 0) is 11.3 Å². The van der Waals surface area contributed by atoms with Gasteiger partial charge in [0, 0.05) is 32.8 Å². The third-order valence-electron chi connectivity index (χ3n) is 4.83. The quantitative estimate of drug-likeness (QED) is 0.683. The molecule has 0 amide bonds. The summed E-state index contributed by atoms with van der Waals surface area (Å²) in [6, 6.07) is 12.3. The number of nitriles is 1. The van der Waals surface area contributed by atoms with E-state index >= 15 is 0 Å². The van der Waals surface area contributed by atoms with Crippen molar-refractivity contribution in [2.24, 2.45) is 0 Å². The van der Waals surface area contributed by atoms with E-state index in [0.29, 0.717) is 17.7 Å². The topological polar surface area (TPSA) is 103 Å². The lowest BCUT2D eigenvalue weighted by Crippen LogP contribution is -2.22. The van der Waals surface area contributed by atoms with E-state index in [1.54, 1.807) is 7.11 Å². The highest BCUT2D eigenvalue weighted by Gasteiger charge is 2.21. The molecule has 3 aromatic rings. The van der Waals surface area contributed by atoms with Gasteiger partial charge in [0.2, 0.25) is 0 Å². The second-order valence-corrected chi connectivity index (χ2v) is 6.77. The standard InChI is InChI=1S/C20H21N7O/c1-28-17-6-7-27(13-17)12-14-2-4-15(5-3-14)18-8-19(26-25-18)24-20-11-22-16(9-21)10-23-20/h2-5,8,10-11,17H,6-7,12-13H2,1H3,(H2,23,24,25,26)/t17-/m0/s1. The van der Waals surface area contributed by atoms with Gasteiger partial charge in [0.15, 0.2) is 11.5 Å².